The third-order valence-electron chi connectivity index (χ3n) is 4.47. The van der Waals surface area contributed by atoms with Crippen LogP contribution >= 0.6 is 11.6 Å². The largest absolute Gasteiger partial charge is 0.361 e. The lowest BCUT2D eigenvalue weighted by atomic mass is 9.94. The molecule has 25 heavy (non-hydrogen) atoms. The van der Waals surface area contributed by atoms with E-state index < -0.39 is 11.8 Å². The van der Waals surface area contributed by atoms with Crippen molar-refractivity contribution >= 4 is 29.1 Å². The second-order valence-corrected chi connectivity index (χ2v) is 6.79. The maximum Gasteiger partial charge on any atom is 0.313 e. The molecule has 2 aromatic rings. The Morgan fingerprint density at radius 1 is 1.24 bits per heavy atom. The summed E-state index contributed by atoms with van der Waals surface area (Å²) in [5, 5.41) is 7.07. The Bertz CT molecular complexity index is 795. The van der Waals surface area contributed by atoms with Crippen LogP contribution in [0.15, 0.2) is 28.8 Å². The number of piperidine rings is 1. The number of amides is 2. The number of aryl methyl sites for hydroxylation is 2. The van der Waals surface area contributed by atoms with Crippen LogP contribution < -0.4 is 5.32 Å². The van der Waals surface area contributed by atoms with Crippen LogP contribution in [-0.4, -0.2) is 35.0 Å². The minimum Gasteiger partial charge on any atom is -0.361 e. The standard InChI is InChI=1S/C18H20ClN3O3/c1-11-3-4-14(19)10-15(11)20-17(23)18(24)22-7-5-13(6-8-22)16-9-12(2)21-25-16/h3-4,9-10,13H,5-8H2,1-2H3,(H,20,23). The molecule has 1 fully saturated rings. The van der Waals surface area contributed by atoms with E-state index in [1.54, 1.807) is 23.1 Å². The van der Waals surface area contributed by atoms with Gasteiger partial charge < -0.3 is 14.7 Å². The third kappa shape index (κ3) is 4.02. The molecule has 0 aliphatic carbocycles. The molecule has 2 amide bonds. The van der Waals surface area contributed by atoms with E-state index in [0.717, 1.165) is 29.9 Å². The van der Waals surface area contributed by atoms with Crippen molar-refractivity contribution in [1.29, 1.82) is 0 Å². The van der Waals surface area contributed by atoms with Crippen molar-refractivity contribution < 1.29 is 14.1 Å². The molecular weight excluding hydrogens is 342 g/mol. The van der Waals surface area contributed by atoms with E-state index in [4.69, 9.17) is 16.1 Å². The van der Waals surface area contributed by atoms with Gasteiger partial charge in [-0.15, -0.1) is 0 Å². The molecule has 1 saturated heterocycles. The summed E-state index contributed by atoms with van der Waals surface area (Å²) in [5.74, 6) is -0.0713. The number of hydrogen-bond acceptors (Lipinski definition) is 4. The van der Waals surface area contributed by atoms with Crippen LogP contribution in [0.3, 0.4) is 0 Å². The summed E-state index contributed by atoms with van der Waals surface area (Å²) in [4.78, 5) is 26.2. The van der Waals surface area contributed by atoms with Gasteiger partial charge in [0, 0.05) is 35.8 Å². The fraction of sp³-hybridized carbons (Fsp3) is 0.389. The van der Waals surface area contributed by atoms with Gasteiger partial charge in [-0.2, -0.15) is 0 Å². The van der Waals surface area contributed by atoms with E-state index in [2.05, 4.69) is 10.5 Å². The molecule has 0 unspecified atom stereocenters. The first-order valence-electron chi connectivity index (χ1n) is 8.23. The molecule has 3 rings (SSSR count). The second-order valence-electron chi connectivity index (χ2n) is 6.35. The van der Waals surface area contributed by atoms with Gasteiger partial charge in [0.2, 0.25) is 0 Å². The number of benzene rings is 1. The number of carbonyl (C=O) groups is 2. The van der Waals surface area contributed by atoms with E-state index in [1.807, 2.05) is 19.9 Å². The van der Waals surface area contributed by atoms with Crippen molar-refractivity contribution in [3.63, 3.8) is 0 Å². The van der Waals surface area contributed by atoms with Crippen LogP contribution in [0.2, 0.25) is 5.02 Å². The first-order valence-corrected chi connectivity index (χ1v) is 8.61. The van der Waals surface area contributed by atoms with Crippen LogP contribution in [-0.2, 0) is 9.59 Å². The first-order chi connectivity index (χ1) is 11.9. The van der Waals surface area contributed by atoms with Crippen molar-refractivity contribution in [3.05, 3.63) is 46.3 Å². The van der Waals surface area contributed by atoms with Crippen molar-refractivity contribution in [2.45, 2.75) is 32.6 Å². The number of nitrogens with one attached hydrogen (secondary N) is 1. The Labute approximate surface area is 151 Å². The van der Waals surface area contributed by atoms with Gasteiger partial charge in [0.1, 0.15) is 5.76 Å². The number of likely N-dealkylation sites (tertiary alicyclic amines) is 1. The minimum atomic E-state index is -0.640. The highest BCUT2D eigenvalue weighted by molar-refractivity contribution is 6.39. The molecule has 0 radical (unpaired) electrons. The molecule has 1 aromatic heterocycles. The van der Waals surface area contributed by atoms with Crippen LogP contribution in [0, 0.1) is 13.8 Å². The van der Waals surface area contributed by atoms with Crippen LogP contribution in [0.25, 0.3) is 0 Å². The Balaban J connectivity index is 1.58. The fourth-order valence-electron chi connectivity index (χ4n) is 2.99. The average Bonchev–Trinajstić information content (AvgIpc) is 3.04. The Kier molecular flexibility index (Phi) is 5.08. The number of nitrogens with zero attached hydrogens (tertiary/aromatic N) is 2. The molecule has 132 valence electrons. The van der Waals surface area contributed by atoms with Crippen molar-refractivity contribution in [2.75, 3.05) is 18.4 Å². The van der Waals surface area contributed by atoms with Crippen molar-refractivity contribution in [2.24, 2.45) is 0 Å². The Morgan fingerprint density at radius 2 is 1.96 bits per heavy atom. The highest BCUT2D eigenvalue weighted by atomic mass is 35.5. The van der Waals surface area contributed by atoms with Gasteiger partial charge in [0.05, 0.1) is 5.69 Å². The van der Waals surface area contributed by atoms with Crippen LogP contribution in [0.5, 0.6) is 0 Å². The summed E-state index contributed by atoms with van der Waals surface area (Å²) in [6.45, 7) is 4.77. The maximum absolute atomic E-state index is 12.4. The Morgan fingerprint density at radius 3 is 2.60 bits per heavy atom. The lowest BCUT2D eigenvalue weighted by molar-refractivity contribution is -0.143. The number of hydrogen-bond donors (Lipinski definition) is 1. The number of anilines is 1. The lowest BCUT2D eigenvalue weighted by Gasteiger charge is -2.30. The molecule has 0 saturated carbocycles. The summed E-state index contributed by atoms with van der Waals surface area (Å²) in [7, 11) is 0. The maximum atomic E-state index is 12.4. The van der Waals surface area contributed by atoms with Gasteiger partial charge in [-0.1, -0.05) is 22.8 Å². The summed E-state index contributed by atoms with van der Waals surface area (Å²) < 4.78 is 5.31. The molecule has 1 aromatic carbocycles. The van der Waals surface area contributed by atoms with E-state index in [0.29, 0.717) is 23.8 Å². The summed E-state index contributed by atoms with van der Waals surface area (Å²) in [5.41, 5.74) is 2.26. The molecule has 2 heterocycles. The fourth-order valence-corrected chi connectivity index (χ4v) is 3.16. The Hall–Kier alpha value is -2.34. The molecule has 1 aliphatic heterocycles. The second kappa shape index (κ2) is 7.27. The molecule has 1 aliphatic rings. The molecular formula is C18H20ClN3O3. The molecule has 1 N–H and O–H groups in total. The topological polar surface area (TPSA) is 75.4 Å². The summed E-state index contributed by atoms with van der Waals surface area (Å²) in [6, 6.07) is 7.11. The van der Waals surface area contributed by atoms with Gasteiger partial charge >= 0.3 is 11.8 Å². The predicted octanol–water partition coefficient (Wildman–Crippen LogP) is 3.29. The van der Waals surface area contributed by atoms with E-state index in [1.165, 1.54) is 0 Å². The zero-order valence-electron chi connectivity index (χ0n) is 14.2. The summed E-state index contributed by atoms with van der Waals surface area (Å²) in [6.07, 6.45) is 1.51. The normalized spacial score (nSPS) is 15.2. The quantitative estimate of drug-likeness (QED) is 0.833. The van der Waals surface area contributed by atoms with E-state index >= 15 is 0 Å². The van der Waals surface area contributed by atoms with Crippen molar-refractivity contribution in [3.8, 4) is 0 Å². The molecule has 6 nitrogen and oxygen atoms in total. The number of carbonyl (C=O) groups excluding carboxylic acids is 2. The minimum absolute atomic E-state index is 0.239. The molecule has 0 bridgehead atoms. The zero-order chi connectivity index (χ0) is 18.0. The number of halogens is 1. The van der Waals surface area contributed by atoms with Gasteiger partial charge in [-0.05, 0) is 44.4 Å². The predicted molar refractivity (Wildman–Crippen MR) is 94.6 cm³/mol. The van der Waals surface area contributed by atoms with Gasteiger partial charge in [0.25, 0.3) is 0 Å². The van der Waals surface area contributed by atoms with Gasteiger partial charge in [-0.25, -0.2) is 0 Å². The highest BCUT2D eigenvalue weighted by Gasteiger charge is 2.29. The SMILES string of the molecule is Cc1cc(C2CCN(C(=O)C(=O)Nc3cc(Cl)ccc3C)CC2)on1. The highest BCUT2D eigenvalue weighted by Crippen LogP contribution is 2.28. The smallest absolute Gasteiger partial charge is 0.313 e. The van der Waals surface area contributed by atoms with Gasteiger partial charge in [-0.3, -0.25) is 9.59 Å². The number of aromatic nitrogens is 1. The molecule has 7 heteroatoms. The average molecular weight is 362 g/mol. The molecule has 0 atom stereocenters. The summed E-state index contributed by atoms with van der Waals surface area (Å²) >= 11 is 5.94. The number of rotatable bonds is 2. The van der Waals surface area contributed by atoms with Crippen LogP contribution in [0.4, 0.5) is 5.69 Å². The lowest BCUT2D eigenvalue weighted by Crippen LogP contribution is -2.43. The third-order valence-corrected chi connectivity index (χ3v) is 4.71. The van der Waals surface area contributed by atoms with Crippen LogP contribution in [0.1, 0.15) is 35.8 Å². The molecule has 0 spiro atoms. The monoisotopic (exact) mass is 361 g/mol. The van der Waals surface area contributed by atoms with E-state index in [-0.39, 0.29) is 5.92 Å². The first kappa shape index (κ1) is 17.5. The van der Waals surface area contributed by atoms with Gasteiger partial charge in [0.15, 0.2) is 0 Å². The van der Waals surface area contributed by atoms with Crippen molar-refractivity contribution in [1.82, 2.24) is 10.1 Å². The van der Waals surface area contributed by atoms with E-state index in [9.17, 15) is 9.59 Å². The zero-order valence-corrected chi connectivity index (χ0v) is 15.0.